The molecule has 0 saturated carbocycles. The molecule has 5 nitrogen and oxygen atoms in total. The van der Waals surface area contributed by atoms with E-state index >= 15 is 0 Å². The smallest absolute Gasteiger partial charge is 0.326 e. The van der Waals surface area contributed by atoms with Crippen LogP contribution in [0.2, 0.25) is 0 Å². The van der Waals surface area contributed by atoms with E-state index in [-0.39, 0.29) is 12.1 Å². The number of fused-ring (bicyclic) bond motifs is 1. The van der Waals surface area contributed by atoms with Crippen molar-refractivity contribution in [2.45, 2.75) is 26.3 Å². The third kappa shape index (κ3) is 3.38. The van der Waals surface area contributed by atoms with Gasteiger partial charge in [-0.1, -0.05) is 43.7 Å². The van der Waals surface area contributed by atoms with Crippen molar-refractivity contribution in [1.29, 1.82) is 0 Å². The molecule has 2 heterocycles. The second kappa shape index (κ2) is 7.40. The molecular formula is C18H18N2O3S. The first-order valence-corrected chi connectivity index (χ1v) is 8.76. The molecule has 0 aliphatic rings. The van der Waals surface area contributed by atoms with Crippen LogP contribution >= 0.6 is 11.3 Å². The predicted octanol–water partition coefficient (Wildman–Crippen LogP) is 3.47. The van der Waals surface area contributed by atoms with Gasteiger partial charge in [-0.3, -0.25) is 14.2 Å². The van der Waals surface area contributed by atoms with Crippen molar-refractivity contribution in [2.24, 2.45) is 0 Å². The van der Waals surface area contributed by atoms with Gasteiger partial charge >= 0.3 is 5.97 Å². The lowest BCUT2D eigenvalue weighted by atomic mass is 10.1. The number of ether oxygens (including phenoxy) is 1. The number of thiophene rings is 1. The zero-order valence-corrected chi connectivity index (χ0v) is 14.2. The van der Waals surface area contributed by atoms with Crippen LogP contribution in [0.1, 0.15) is 19.8 Å². The summed E-state index contributed by atoms with van der Waals surface area (Å²) < 4.78 is 6.44. The first kappa shape index (κ1) is 16.4. The molecule has 2 aromatic heterocycles. The van der Waals surface area contributed by atoms with Gasteiger partial charge in [-0.2, -0.15) is 0 Å². The lowest BCUT2D eigenvalue weighted by Crippen LogP contribution is -2.25. The Labute approximate surface area is 143 Å². The van der Waals surface area contributed by atoms with Crippen LogP contribution < -0.4 is 5.56 Å². The van der Waals surface area contributed by atoms with E-state index in [1.807, 2.05) is 42.6 Å². The van der Waals surface area contributed by atoms with E-state index in [1.54, 1.807) is 0 Å². The number of unbranched alkanes of at least 4 members (excludes halogenated alkanes) is 1. The van der Waals surface area contributed by atoms with Crippen LogP contribution in [-0.4, -0.2) is 22.1 Å². The second-order valence-electron chi connectivity index (χ2n) is 5.45. The number of aromatic nitrogens is 2. The Bertz CT molecular complexity index is 900. The SMILES string of the molecule is CCCCOC(=O)Cn1cnc2scc(-c3ccccc3)c2c1=O. The van der Waals surface area contributed by atoms with Crippen molar-refractivity contribution in [3.63, 3.8) is 0 Å². The summed E-state index contributed by atoms with van der Waals surface area (Å²) in [5.41, 5.74) is 1.60. The summed E-state index contributed by atoms with van der Waals surface area (Å²) in [5.74, 6) is -0.414. The molecule has 0 fully saturated rings. The first-order valence-electron chi connectivity index (χ1n) is 7.88. The van der Waals surface area contributed by atoms with E-state index in [1.165, 1.54) is 22.2 Å². The van der Waals surface area contributed by atoms with Crippen LogP contribution in [0.25, 0.3) is 21.3 Å². The minimum Gasteiger partial charge on any atom is -0.464 e. The number of carbonyl (C=O) groups is 1. The Morgan fingerprint density at radius 2 is 2.08 bits per heavy atom. The molecule has 0 unspecified atom stereocenters. The van der Waals surface area contributed by atoms with Gasteiger partial charge in [-0.05, 0) is 12.0 Å². The lowest BCUT2D eigenvalue weighted by molar-refractivity contribution is -0.144. The third-order valence-electron chi connectivity index (χ3n) is 3.71. The zero-order chi connectivity index (χ0) is 16.9. The third-order valence-corrected chi connectivity index (χ3v) is 4.59. The molecule has 0 aliphatic carbocycles. The van der Waals surface area contributed by atoms with Gasteiger partial charge in [0.2, 0.25) is 0 Å². The molecular weight excluding hydrogens is 324 g/mol. The number of hydrogen-bond acceptors (Lipinski definition) is 5. The fourth-order valence-corrected chi connectivity index (χ4v) is 3.33. The molecule has 0 N–H and O–H groups in total. The fourth-order valence-electron chi connectivity index (χ4n) is 2.43. The largest absolute Gasteiger partial charge is 0.464 e. The van der Waals surface area contributed by atoms with Gasteiger partial charge in [0.15, 0.2) is 0 Å². The zero-order valence-electron chi connectivity index (χ0n) is 13.4. The summed E-state index contributed by atoms with van der Waals surface area (Å²) >= 11 is 1.43. The van der Waals surface area contributed by atoms with Gasteiger partial charge < -0.3 is 4.74 Å². The average Bonchev–Trinajstić information content (AvgIpc) is 3.03. The van der Waals surface area contributed by atoms with Gasteiger partial charge in [0.1, 0.15) is 11.4 Å². The van der Waals surface area contributed by atoms with E-state index < -0.39 is 5.97 Å². The molecule has 0 radical (unpaired) electrons. The molecule has 0 atom stereocenters. The van der Waals surface area contributed by atoms with E-state index in [9.17, 15) is 9.59 Å². The highest BCUT2D eigenvalue weighted by Crippen LogP contribution is 2.30. The summed E-state index contributed by atoms with van der Waals surface area (Å²) in [6.45, 7) is 2.29. The van der Waals surface area contributed by atoms with E-state index in [4.69, 9.17) is 4.74 Å². The Kier molecular flexibility index (Phi) is 5.05. The molecule has 0 aliphatic heterocycles. The summed E-state index contributed by atoms with van der Waals surface area (Å²) in [4.78, 5) is 29.6. The maximum Gasteiger partial charge on any atom is 0.326 e. The second-order valence-corrected chi connectivity index (χ2v) is 6.31. The van der Waals surface area contributed by atoms with Crippen LogP contribution in [0.15, 0.2) is 46.8 Å². The monoisotopic (exact) mass is 342 g/mol. The van der Waals surface area contributed by atoms with Gasteiger partial charge in [-0.15, -0.1) is 11.3 Å². The Balaban J connectivity index is 1.93. The minimum atomic E-state index is -0.414. The molecule has 24 heavy (non-hydrogen) atoms. The highest BCUT2D eigenvalue weighted by molar-refractivity contribution is 7.17. The Morgan fingerprint density at radius 1 is 1.29 bits per heavy atom. The lowest BCUT2D eigenvalue weighted by Gasteiger charge is -2.07. The molecule has 0 amide bonds. The number of carbonyl (C=O) groups excluding carboxylic acids is 1. The standard InChI is InChI=1S/C18H18N2O3S/c1-2-3-9-23-15(21)10-20-12-19-17-16(18(20)22)14(11-24-17)13-7-5-4-6-8-13/h4-8,11-12H,2-3,9-10H2,1H3. The fraction of sp³-hybridized carbons (Fsp3) is 0.278. The van der Waals surface area contributed by atoms with Crippen molar-refractivity contribution < 1.29 is 9.53 Å². The Morgan fingerprint density at radius 3 is 2.83 bits per heavy atom. The van der Waals surface area contributed by atoms with Crippen LogP contribution in [0.4, 0.5) is 0 Å². The quantitative estimate of drug-likeness (QED) is 0.508. The Hall–Kier alpha value is -2.47. The summed E-state index contributed by atoms with van der Waals surface area (Å²) in [7, 11) is 0. The predicted molar refractivity (Wildman–Crippen MR) is 95.2 cm³/mol. The van der Waals surface area contributed by atoms with E-state index in [2.05, 4.69) is 4.98 Å². The molecule has 1 aromatic carbocycles. The van der Waals surface area contributed by atoms with Crippen molar-refractivity contribution in [2.75, 3.05) is 6.61 Å². The topological polar surface area (TPSA) is 61.2 Å². The van der Waals surface area contributed by atoms with Crippen molar-refractivity contribution in [3.8, 4) is 11.1 Å². The first-order chi connectivity index (χ1) is 11.7. The maximum absolute atomic E-state index is 12.8. The molecule has 124 valence electrons. The van der Waals surface area contributed by atoms with Crippen LogP contribution in [-0.2, 0) is 16.1 Å². The van der Waals surface area contributed by atoms with Gasteiger partial charge in [0.25, 0.3) is 5.56 Å². The van der Waals surface area contributed by atoms with Gasteiger partial charge in [-0.25, -0.2) is 4.98 Å². The normalized spacial score (nSPS) is 10.9. The summed E-state index contributed by atoms with van der Waals surface area (Å²) in [5, 5.41) is 2.48. The van der Waals surface area contributed by atoms with Crippen LogP contribution in [0, 0.1) is 0 Å². The van der Waals surface area contributed by atoms with Crippen molar-refractivity contribution in [3.05, 3.63) is 52.4 Å². The van der Waals surface area contributed by atoms with Crippen LogP contribution in [0.5, 0.6) is 0 Å². The summed E-state index contributed by atoms with van der Waals surface area (Å²) in [6, 6.07) is 9.70. The minimum absolute atomic E-state index is 0.116. The van der Waals surface area contributed by atoms with Gasteiger partial charge in [0, 0.05) is 10.9 Å². The molecule has 3 rings (SSSR count). The number of esters is 1. The maximum atomic E-state index is 12.8. The highest BCUT2D eigenvalue weighted by atomic mass is 32.1. The number of nitrogens with zero attached hydrogens (tertiary/aromatic N) is 2. The number of benzene rings is 1. The summed E-state index contributed by atoms with van der Waals surface area (Å²) in [6.07, 6.45) is 3.19. The molecule has 6 heteroatoms. The average molecular weight is 342 g/mol. The molecule has 0 spiro atoms. The molecule has 0 saturated heterocycles. The van der Waals surface area contributed by atoms with E-state index in [0.29, 0.717) is 16.8 Å². The highest BCUT2D eigenvalue weighted by Gasteiger charge is 2.14. The van der Waals surface area contributed by atoms with E-state index in [0.717, 1.165) is 24.0 Å². The molecule has 0 bridgehead atoms. The van der Waals surface area contributed by atoms with Gasteiger partial charge in [0.05, 0.1) is 18.3 Å². The molecule has 3 aromatic rings. The van der Waals surface area contributed by atoms with Crippen molar-refractivity contribution in [1.82, 2.24) is 9.55 Å². The van der Waals surface area contributed by atoms with Crippen molar-refractivity contribution >= 4 is 27.5 Å². The number of rotatable bonds is 6. The number of hydrogen-bond donors (Lipinski definition) is 0. The van der Waals surface area contributed by atoms with Crippen LogP contribution in [0.3, 0.4) is 0 Å².